The molecule has 0 radical (unpaired) electrons. The maximum absolute atomic E-state index is 10.5. The molecule has 0 aromatic rings. The van der Waals surface area contributed by atoms with E-state index in [1.165, 1.54) is 103 Å². The zero-order valence-electron chi connectivity index (χ0n) is 18.4. The highest BCUT2D eigenvalue weighted by atomic mass is 16.4. The number of hydrogen-bond acceptors (Lipinski definition) is 3. The summed E-state index contributed by atoms with van der Waals surface area (Å²) in [5.74, 6) is -1.10. The van der Waals surface area contributed by atoms with Crippen LogP contribution in [0.25, 0.3) is 0 Å². The van der Waals surface area contributed by atoms with Gasteiger partial charge in [0.05, 0.1) is 0 Å². The van der Waals surface area contributed by atoms with Crippen LogP contribution < -0.4 is 0 Å². The van der Waals surface area contributed by atoms with E-state index in [4.69, 9.17) is 10.2 Å². The van der Waals surface area contributed by atoms with Crippen molar-refractivity contribution in [2.45, 2.75) is 141 Å². The third kappa shape index (κ3) is 21.7. The first-order valence-corrected chi connectivity index (χ1v) is 12.2. The van der Waals surface area contributed by atoms with Crippen molar-refractivity contribution in [2.24, 2.45) is 0 Å². The number of aliphatic hydroxyl groups excluding tert-OH is 2. The topological polar surface area (TPSA) is 77.8 Å². The van der Waals surface area contributed by atoms with Crippen LogP contribution in [0.2, 0.25) is 0 Å². The summed E-state index contributed by atoms with van der Waals surface area (Å²) in [5, 5.41) is 26.5. The highest BCUT2D eigenvalue weighted by Gasteiger charge is 2.11. The van der Waals surface area contributed by atoms with Crippen molar-refractivity contribution in [3.05, 3.63) is 0 Å². The lowest BCUT2D eigenvalue weighted by molar-refractivity contribution is -0.146. The van der Waals surface area contributed by atoms with E-state index in [1.807, 2.05) is 0 Å². The molecule has 1 unspecified atom stereocenters. The third-order valence-electron chi connectivity index (χ3n) is 5.67. The molecule has 0 aromatic heterocycles. The smallest absolute Gasteiger partial charge is 0.332 e. The molecule has 0 aliphatic rings. The molecule has 28 heavy (non-hydrogen) atoms. The van der Waals surface area contributed by atoms with Crippen molar-refractivity contribution < 1.29 is 20.1 Å². The van der Waals surface area contributed by atoms with Crippen LogP contribution in [0.3, 0.4) is 0 Å². The summed E-state index contributed by atoms with van der Waals surface area (Å²) in [5.41, 5.74) is 0. The van der Waals surface area contributed by atoms with E-state index in [0.29, 0.717) is 13.0 Å². The van der Waals surface area contributed by atoms with Crippen LogP contribution in [0.15, 0.2) is 0 Å². The minimum atomic E-state index is -1.17. The lowest BCUT2D eigenvalue weighted by Crippen LogP contribution is -2.18. The number of carboxylic acid groups (broad SMARTS) is 1. The molecule has 0 saturated heterocycles. The minimum absolute atomic E-state index is 0.351. The number of unbranched alkanes of at least 4 members (excludes halogenated alkanes) is 19. The van der Waals surface area contributed by atoms with Crippen molar-refractivity contribution in [2.75, 3.05) is 6.61 Å². The zero-order chi connectivity index (χ0) is 20.7. The first-order chi connectivity index (χ1) is 13.7. The van der Waals surface area contributed by atoms with E-state index in [9.17, 15) is 9.90 Å². The van der Waals surface area contributed by atoms with Gasteiger partial charge in [-0.1, -0.05) is 122 Å². The molecule has 0 spiro atoms. The van der Waals surface area contributed by atoms with E-state index in [0.717, 1.165) is 25.7 Å². The summed E-state index contributed by atoms with van der Waals surface area (Å²) >= 11 is 0. The molecule has 0 heterocycles. The Bertz CT molecular complexity index is 320. The zero-order valence-corrected chi connectivity index (χ0v) is 18.4. The molecule has 1 atom stereocenters. The number of rotatable bonds is 23. The molecule has 0 bridgehead atoms. The monoisotopic (exact) mass is 400 g/mol. The number of carbonyl (C=O) groups is 1. The average Bonchev–Trinajstić information content (AvgIpc) is 2.68. The first kappa shape index (κ1) is 27.4. The standard InChI is InChI=1S/C24H48O4/c25-22-20-18-16-14-12-10-8-6-4-2-1-3-5-7-9-11-13-15-17-19-21-23(26)24(27)28/h23,25-26H,1-22H2,(H,27,28). The van der Waals surface area contributed by atoms with E-state index >= 15 is 0 Å². The summed E-state index contributed by atoms with van der Waals surface area (Å²) in [7, 11) is 0. The fourth-order valence-electron chi connectivity index (χ4n) is 3.75. The Labute approximate surface area is 174 Å². The van der Waals surface area contributed by atoms with Crippen LogP contribution in [0, 0.1) is 0 Å². The van der Waals surface area contributed by atoms with Gasteiger partial charge >= 0.3 is 5.97 Å². The second-order valence-corrected chi connectivity index (χ2v) is 8.44. The molecular formula is C24H48O4. The molecule has 4 nitrogen and oxygen atoms in total. The van der Waals surface area contributed by atoms with E-state index in [1.54, 1.807) is 0 Å². The third-order valence-corrected chi connectivity index (χ3v) is 5.67. The summed E-state index contributed by atoms with van der Waals surface area (Å²) in [6.45, 7) is 0.351. The lowest BCUT2D eigenvalue weighted by Gasteiger charge is -2.05. The second kappa shape index (κ2) is 22.7. The van der Waals surface area contributed by atoms with Crippen molar-refractivity contribution in [1.82, 2.24) is 0 Å². The quantitative estimate of drug-likeness (QED) is 0.168. The van der Waals surface area contributed by atoms with Crippen molar-refractivity contribution in [1.29, 1.82) is 0 Å². The summed E-state index contributed by atoms with van der Waals surface area (Å²) in [6.07, 6.45) is 24.8. The highest BCUT2D eigenvalue weighted by molar-refractivity contribution is 5.71. The number of aliphatic hydroxyl groups is 2. The maximum Gasteiger partial charge on any atom is 0.332 e. The van der Waals surface area contributed by atoms with Crippen LogP contribution in [0.5, 0.6) is 0 Å². The van der Waals surface area contributed by atoms with Gasteiger partial charge in [-0.3, -0.25) is 0 Å². The van der Waals surface area contributed by atoms with Gasteiger partial charge in [-0.15, -0.1) is 0 Å². The van der Waals surface area contributed by atoms with Crippen LogP contribution in [-0.4, -0.2) is 34.0 Å². The number of aliphatic carboxylic acids is 1. The molecule has 0 fully saturated rings. The molecule has 0 saturated carbocycles. The Morgan fingerprint density at radius 3 is 1.00 bits per heavy atom. The van der Waals surface area contributed by atoms with Gasteiger partial charge in [-0.2, -0.15) is 0 Å². The second-order valence-electron chi connectivity index (χ2n) is 8.44. The minimum Gasteiger partial charge on any atom is -0.479 e. The van der Waals surface area contributed by atoms with Crippen LogP contribution in [-0.2, 0) is 4.79 Å². The van der Waals surface area contributed by atoms with Gasteiger partial charge in [-0.25, -0.2) is 4.79 Å². The van der Waals surface area contributed by atoms with E-state index < -0.39 is 12.1 Å². The lowest BCUT2D eigenvalue weighted by atomic mass is 10.0. The molecule has 0 aromatic carbocycles. The summed E-state index contributed by atoms with van der Waals surface area (Å²) in [6, 6.07) is 0. The molecule has 0 aliphatic heterocycles. The van der Waals surface area contributed by atoms with Crippen LogP contribution in [0.4, 0.5) is 0 Å². The van der Waals surface area contributed by atoms with Gasteiger partial charge in [0.1, 0.15) is 0 Å². The Morgan fingerprint density at radius 2 is 0.750 bits per heavy atom. The average molecular weight is 401 g/mol. The SMILES string of the molecule is O=C(O)C(O)CCCCCCCCCCCCCCCCCCCCCCO. The van der Waals surface area contributed by atoms with Crippen molar-refractivity contribution in [3.63, 3.8) is 0 Å². The highest BCUT2D eigenvalue weighted by Crippen LogP contribution is 2.15. The summed E-state index contributed by atoms with van der Waals surface area (Å²) < 4.78 is 0. The molecule has 0 amide bonds. The number of carboxylic acids is 1. The maximum atomic E-state index is 10.5. The molecule has 168 valence electrons. The van der Waals surface area contributed by atoms with Gasteiger partial charge in [0.2, 0.25) is 0 Å². The Kier molecular flexibility index (Phi) is 22.2. The van der Waals surface area contributed by atoms with Gasteiger partial charge < -0.3 is 15.3 Å². The fraction of sp³-hybridized carbons (Fsp3) is 0.958. The van der Waals surface area contributed by atoms with Crippen LogP contribution in [0.1, 0.15) is 135 Å². The predicted octanol–water partition coefficient (Wildman–Crippen LogP) is 6.62. The Hall–Kier alpha value is -0.610. The van der Waals surface area contributed by atoms with Gasteiger partial charge in [-0.05, 0) is 12.8 Å². The van der Waals surface area contributed by atoms with Crippen molar-refractivity contribution in [3.8, 4) is 0 Å². The normalized spacial score (nSPS) is 12.4. The Morgan fingerprint density at radius 1 is 0.500 bits per heavy atom. The van der Waals surface area contributed by atoms with Gasteiger partial charge in [0, 0.05) is 6.61 Å². The van der Waals surface area contributed by atoms with Crippen molar-refractivity contribution >= 4 is 5.97 Å². The predicted molar refractivity (Wildman–Crippen MR) is 118 cm³/mol. The molecule has 0 aliphatic carbocycles. The number of hydrogen-bond donors (Lipinski definition) is 3. The Balaban J connectivity index is 3.04. The van der Waals surface area contributed by atoms with E-state index in [-0.39, 0.29) is 0 Å². The molecule has 0 rings (SSSR count). The van der Waals surface area contributed by atoms with Crippen LogP contribution >= 0.6 is 0 Å². The first-order valence-electron chi connectivity index (χ1n) is 12.2. The molecule has 3 N–H and O–H groups in total. The fourth-order valence-corrected chi connectivity index (χ4v) is 3.75. The molecular weight excluding hydrogens is 352 g/mol. The summed E-state index contributed by atoms with van der Waals surface area (Å²) in [4.78, 5) is 10.5. The van der Waals surface area contributed by atoms with Gasteiger partial charge in [0.15, 0.2) is 6.10 Å². The van der Waals surface area contributed by atoms with Gasteiger partial charge in [0.25, 0.3) is 0 Å². The van der Waals surface area contributed by atoms with E-state index in [2.05, 4.69) is 0 Å². The largest absolute Gasteiger partial charge is 0.479 e. The molecule has 4 heteroatoms.